The molecular formula is C15H26IN3O2. The van der Waals surface area contributed by atoms with Gasteiger partial charge in [-0.15, -0.1) is 24.0 Å². The van der Waals surface area contributed by atoms with Gasteiger partial charge in [0, 0.05) is 27.2 Å². The summed E-state index contributed by atoms with van der Waals surface area (Å²) in [5.41, 5.74) is 2.50. The molecule has 0 fully saturated rings. The van der Waals surface area contributed by atoms with E-state index in [0.29, 0.717) is 19.8 Å². The predicted molar refractivity (Wildman–Crippen MR) is 97.5 cm³/mol. The number of guanidine groups is 1. The van der Waals surface area contributed by atoms with Gasteiger partial charge in [-0.05, 0) is 12.5 Å². The summed E-state index contributed by atoms with van der Waals surface area (Å²) in [6.45, 7) is 5.44. The molecule has 120 valence electrons. The highest BCUT2D eigenvalue weighted by Gasteiger charge is 1.98. The van der Waals surface area contributed by atoms with Crippen molar-refractivity contribution in [2.24, 2.45) is 4.99 Å². The molecule has 0 aliphatic carbocycles. The maximum Gasteiger partial charge on any atom is 0.191 e. The molecule has 0 bridgehead atoms. The van der Waals surface area contributed by atoms with E-state index < -0.39 is 0 Å². The van der Waals surface area contributed by atoms with Gasteiger partial charge in [-0.3, -0.25) is 4.99 Å². The first kappa shape index (κ1) is 20.1. The fourth-order valence-electron chi connectivity index (χ4n) is 1.71. The van der Waals surface area contributed by atoms with E-state index in [4.69, 9.17) is 9.47 Å². The minimum Gasteiger partial charge on any atom is -0.382 e. The third-order valence-corrected chi connectivity index (χ3v) is 2.74. The summed E-state index contributed by atoms with van der Waals surface area (Å²) >= 11 is 0. The summed E-state index contributed by atoms with van der Waals surface area (Å²) in [6, 6.07) is 8.41. The first-order chi connectivity index (χ1) is 9.76. The van der Waals surface area contributed by atoms with Crippen LogP contribution in [0.1, 0.15) is 11.1 Å². The Hall–Kier alpha value is -0.860. The van der Waals surface area contributed by atoms with Gasteiger partial charge in [0.15, 0.2) is 5.96 Å². The monoisotopic (exact) mass is 407 g/mol. The Morgan fingerprint density at radius 1 is 1.19 bits per heavy atom. The molecule has 21 heavy (non-hydrogen) atoms. The van der Waals surface area contributed by atoms with E-state index in [-0.39, 0.29) is 24.0 Å². The number of benzene rings is 1. The van der Waals surface area contributed by atoms with Crippen molar-refractivity contribution in [2.75, 3.05) is 40.5 Å². The van der Waals surface area contributed by atoms with Gasteiger partial charge in [0.2, 0.25) is 0 Å². The number of aliphatic imine (C=N–C) groups is 1. The van der Waals surface area contributed by atoms with Gasteiger partial charge in [-0.2, -0.15) is 0 Å². The molecule has 1 aromatic rings. The van der Waals surface area contributed by atoms with Crippen LogP contribution >= 0.6 is 24.0 Å². The van der Waals surface area contributed by atoms with Crippen LogP contribution in [0.15, 0.2) is 29.3 Å². The molecule has 0 amide bonds. The third kappa shape index (κ3) is 9.65. The zero-order valence-electron chi connectivity index (χ0n) is 13.0. The average Bonchev–Trinajstić information content (AvgIpc) is 2.46. The van der Waals surface area contributed by atoms with Crippen molar-refractivity contribution in [3.63, 3.8) is 0 Å². The lowest BCUT2D eigenvalue weighted by Gasteiger charge is -2.12. The van der Waals surface area contributed by atoms with Gasteiger partial charge in [0.1, 0.15) is 0 Å². The molecule has 0 saturated carbocycles. The number of methoxy groups -OCH3 is 1. The molecule has 2 N–H and O–H groups in total. The van der Waals surface area contributed by atoms with Crippen LogP contribution in [0.2, 0.25) is 0 Å². The average molecular weight is 407 g/mol. The maximum atomic E-state index is 5.38. The summed E-state index contributed by atoms with van der Waals surface area (Å²) < 4.78 is 10.3. The summed E-state index contributed by atoms with van der Waals surface area (Å²) in [6.07, 6.45) is 0. The quantitative estimate of drug-likeness (QED) is 0.299. The van der Waals surface area contributed by atoms with E-state index in [1.54, 1.807) is 14.2 Å². The number of rotatable bonds is 8. The molecule has 5 nitrogen and oxygen atoms in total. The summed E-state index contributed by atoms with van der Waals surface area (Å²) in [5, 5.41) is 6.48. The van der Waals surface area contributed by atoms with Crippen molar-refractivity contribution in [3.8, 4) is 0 Å². The number of halogens is 1. The zero-order valence-corrected chi connectivity index (χ0v) is 15.3. The van der Waals surface area contributed by atoms with Crippen LogP contribution in [-0.4, -0.2) is 46.5 Å². The van der Waals surface area contributed by atoms with Crippen molar-refractivity contribution >= 4 is 29.9 Å². The molecule has 0 aromatic heterocycles. The Kier molecular flexibility index (Phi) is 12.3. The van der Waals surface area contributed by atoms with Gasteiger partial charge in [0.05, 0.1) is 19.8 Å². The lowest BCUT2D eigenvalue weighted by molar-refractivity contribution is 0.0733. The number of hydrogen-bond acceptors (Lipinski definition) is 3. The fraction of sp³-hybridized carbons (Fsp3) is 0.533. The molecule has 0 spiro atoms. The van der Waals surface area contributed by atoms with Crippen LogP contribution in [0.25, 0.3) is 0 Å². The van der Waals surface area contributed by atoms with Gasteiger partial charge in [0.25, 0.3) is 0 Å². The number of ether oxygens (including phenoxy) is 2. The van der Waals surface area contributed by atoms with Crippen molar-refractivity contribution in [1.29, 1.82) is 0 Å². The van der Waals surface area contributed by atoms with Gasteiger partial charge < -0.3 is 20.1 Å². The molecule has 0 atom stereocenters. The van der Waals surface area contributed by atoms with Crippen LogP contribution < -0.4 is 10.6 Å². The summed E-state index contributed by atoms with van der Waals surface area (Å²) in [7, 11) is 3.43. The molecule has 0 radical (unpaired) electrons. The minimum atomic E-state index is 0. The molecule has 6 heteroatoms. The smallest absolute Gasteiger partial charge is 0.191 e. The molecular weight excluding hydrogens is 381 g/mol. The maximum absolute atomic E-state index is 5.38. The van der Waals surface area contributed by atoms with Crippen LogP contribution in [-0.2, 0) is 16.0 Å². The van der Waals surface area contributed by atoms with Gasteiger partial charge in [-0.25, -0.2) is 0 Å². The standard InChI is InChI=1S/C15H25N3O2.HI/c1-13-5-4-6-14(11-13)12-18-15(16-2)17-7-8-20-10-9-19-3;/h4-6,11H,7-10,12H2,1-3H3,(H2,16,17,18);1H. The number of aryl methyl sites for hydroxylation is 1. The van der Waals surface area contributed by atoms with Crippen LogP contribution in [0.4, 0.5) is 0 Å². The van der Waals surface area contributed by atoms with Crippen molar-refractivity contribution in [3.05, 3.63) is 35.4 Å². The highest BCUT2D eigenvalue weighted by molar-refractivity contribution is 14.0. The molecule has 0 aliphatic rings. The van der Waals surface area contributed by atoms with Crippen LogP contribution in [0.3, 0.4) is 0 Å². The molecule has 0 unspecified atom stereocenters. The Balaban J connectivity index is 0.00000400. The zero-order chi connectivity index (χ0) is 14.6. The molecule has 0 heterocycles. The largest absolute Gasteiger partial charge is 0.382 e. The second kappa shape index (κ2) is 12.8. The lowest BCUT2D eigenvalue weighted by atomic mass is 10.1. The van der Waals surface area contributed by atoms with E-state index in [0.717, 1.165) is 19.0 Å². The van der Waals surface area contributed by atoms with Gasteiger partial charge >= 0.3 is 0 Å². The highest BCUT2D eigenvalue weighted by Crippen LogP contribution is 2.02. The number of nitrogens with one attached hydrogen (secondary N) is 2. The minimum absolute atomic E-state index is 0. The number of hydrogen-bond donors (Lipinski definition) is 2. The Morgan fingerprint density at radius 2 is 2.00 bits per heavy atom. The topological polar surface area (TPSA) is 54.9 Å². The van der Waals surface area contributed by atoms with E-state index in [1.165, 1.54) is 11.1 Å². The van der Waals surface area contributed by atoms with Crippen molar-refractivity contribution in [2.45, 2.75) is 13.5 Å². The number of nitrogens with zero attached hydrogens (tertiary/aromatic N) is 1. The highest BCUT2D eigenvalue weighted by atomic mass is 127. The first-order valence-corrected chi connectivity index (χ1v) is 6.83. The van der Waals surface area contributed by atoms with E-state index in [2.05, 4.69) is 46.8 Å². The second-order valence-corrected chi connectivity index (χ2v) is 4.45. The fourth-order valence-corrected chi connectivity index (χ4v) is 1.71. The van der Waals surface area contributed by atoms with Crippen molar-refractivity contribution in [1.82, 2.24) is 10.6 Å². The Morgan fingerprint density at radius 3 is 2.67 bits per heavy atom. The first-order valence-electron chi connectivity index (χ1n) is 6.83. The Labute approximate surface area is 144 Å². The van der Waals surface area contributed by atoms with Crippen LogP contribution in [0, 0.1) is 6.92 Å². The third-order valence-electron chi connectivity index (χ3n) is 2.74. The molecule has 1 rings (SSSR count). The van der Waals surface area contributed by atoms with E-state index in [1.807, 2.05) is 0 Å². The summed E-state index contributed by atoms with van der Waals surface area (Å²) in [5.74, 6) is 0.779. The molecule has 0 saturated heterocycles. The van der Waals surface area contributed by atoms with Crippen molar-refractivity contribution < 1.29 is 9.47 Å². The van der Waals surface area contributed by atoms with Crippen LogP contribution in [0.5, 0.6) is 0 Å². The molecule has 0 aliphatic heterocycles. The summed E-state index contributed by atoms with van der Waals surface area (Å²) in [4.78, 5) is 4.17. The van der Waals surface area contributed by atoms with E-state index >= 15 is 0 Å². The molecule has 1 aromatic carbocycles. The van der Waals surface area contributed by atoms with Gasteiger partial charge in [-0.1, -0.05) is 29.8 Å². The second-order valence-electron chi connectivity index (χ2n) is 4.45. The predicted octanol–water partition coefficient (Wildman–Crippen LogP) is 1.94. The SMILES string of the molecule is CN=C(NCCOCCOC)NCc1cccc(C)c1.I. The Bertz CT molecular complexity index is 414. The normalized spacial score (nSPS) is 10.9. The lowest BCUT2D eigenvalue weighted by Crippen LogP contribution is -2.38. The van der Waals surface area contributed by atoms with E-state index in [9.17, 15) is 0 Å².